The summed E-state index contributed by atoms with van der Waals surface area (Å²) in [7, 11) is 0. The SMILES string of the molecule is CCC1CCCOC1=O. The molecule has 1 aliphatic heterocycles. The minimum Gasteiger partial charge on any atom is -0.465 e. The van der Waals surface area contributed by atoms with E-state index in [4.69, 9.17) is 4.74 Å². The molecular formula is C7H12O2. The van der Waals surface area contributed by atoms with Crippen molar-refractivity contribution < 1.29 is 9.53 Å². The smallest absolute Gasteiger partial charge is 0.308 e. The predicted molar refractivity (Wildman–Crippen MR) is 34.0 cm³/mol. The first kappa shape index (κ1) is 6.59. The fraction of sp³-hybridized carbons (Fsp3) is 0.857. The molecule has 0 radical (unpaired) electrons. The quantitative estimate of drug-likeness (QED) is 0.498. The minimum atomic E-state index is 0.00347. The van der Waals surface area contributed by atoms with Gasteiger partial charge in [0.2, 0.25) is 0 Å². The van der Waals surface area contributed by atoms with E-state index in [1.807, 2.05) is 6.92 Å². The van der Waals surface area contributed by atoms with E-state index in [9.17, 15) is 4.79 Å². The van der Waals surface area contributed by atoms with E-state index in [-0.39, 0.29) is 11.9 Å². The van der Waals surface area contributed by atoms with Gasteiger partial charge in [-0.1, -0.05) is 6.92 Å². The van der Waals surface area contributed by atoms with E-state index < -0.39 is 0 Å². The summed E-state index contributed by atoms with van der Waals surface area (Å²) in [6, 6.07) is 0. The zero-order chi connectivity index (χ0) is 6.69. The van der Waals surface area contributed by atoms with Gasteiger partial charge in [0.1, 0.15) is 0 Å². The molecule has 2 nitrogen and oxygen atoms in total. The van der Waals surface area contributed by atoms with Crippen LogP contribution in [-0.2, 0) is 9.53 Å². The Morgan fingerprint density at radius 1 is 1.78 bits per heavy atom. The first-order valence-corrected chi connectivity index (χ1v) is 3.51. The molecule has 1 saturated heterocycles. The summed E-state index contributed by atoms with van der Waals surface area (Å²) in [5.41, 5.74) is 0. The molecule has 0 aliphatic carbocycles. The van der Waals surface area contributed by atoms with Crippen LogP contribution in [0.15, 0.2) is 0 Å². The van der Waals surface area contributed by atoms with Gasteiger partial charge in [-0.25, -0.2) is 0 Å². The third kappa shape index (κ3) is 1.44. The molecule has 1 rings (SSSR count). The van der Waals surface area contributed by atoms with Crippen LogP contribution < -0.4 is 0 Å². The van der Waals surface area contributed by atoms with Crippen LogP contribution in [-0.4, -0.2) is 12.6 Å². The monoisotopic (exact) mass is 128 g/mol. The van der Waals surface area contributed by atoms with Crippen molar-refractivity contribution >= 4 is 5.97 Å². The second-order valence-corrected chi connectivity index (χ2v) is 2.41. The Kier molecular flexibility index (Phi) is 2.09. The lowest BCUT2D eigenvalue weighted by atomic mass is 9.99. The van der Waals surface area contributed by atoms with Crippen LogP contribution in [0.5, 0.6) is 0 Å². The van der Waals surface area contributed by atoms with Gasteiger partial charge in [0.15, 0.2) is 0 Å². The Labute approximate surface area is 55.2 Å². The third-order valence-electron chi connectivity index (χ3n) is 1.77. The molecule has 0 aromatic carbocycles. The van der Waals surface area contributed by atoms with Crippen molar-refractivity contribution in [1.82, 2.24) is 0 Å². The highest BCUT2D eigenvalue weighted by Crippen LogP contribution is 2.17. The summed E-state index contributed by atoms with van der Waals surface area (Å²) in [6.45, 7) is 2.66. The van der Waals surface area contributed by atoms with Crippen LogP contribution in [0, 0.1) is 5.92 Å². The molecule has 1 aliphatic rings. The molecule has 0 saturated carbocycles. The summed E-state index contributed by atoms with van der Waals surface area (Å²) >= 11 is 0. The van der Waals surface area contributed by atoms with Gasteiger partial charge < -0.3 is 4.74 Å². The molecule has 0 N–H and O–H groups in total. The molecule has 2 heteroatoms. The number of hydrogen-bond donors (Lipinski definition) is 0. The number of cyclic esters (lactones) is 1. The van der Waals surface area contributed by atoms with Crippen molar-refractivity contribution in [3.05, 3.63) is 0 Å². The van der Waals surface area contributed by atoms with Gasteiger partial charge in [0.05, 0.1) is 12.5 Å². The lowest BCUT2D eigenvalue weighted by Gasteiger charge is -2.18. The van der Waals surface area contributed by atoms with E-state index in [0.717, 1.165) is 19.3 Å². The van der Waals surface area contributed by atoms with Crippen LogP contribution in [0.1, 0.15) is 26.2 Å². The Bertz CT molecular complexity index is 109. The highest BCUT2D eigenvalue weighted by molar-refractivity contribution is 5.72. The van der Waals surface area contributed by atoms with Gasteiger partial charge in [-0.15, -0.1) is 0 Å². The topological polar surface area (TPSA) is 26.3 Å². The maximum Gasteiger partial charge on any atom is 0.308 e. The molecule has 1 atom stereocenters. The molecule has 0 spiro atoms. The van der Waals surface area contributed by atoms with Gasteiger partial charge in [-0.2, -0.15) is 0 Å². The van der Waals surface area contributed by atoms with Gasteiger partial charge in [0.25, 0.3) is 0 Å². The molecule has 1 heterocycles. The van der Waals surface area contributed by atoms with Gasteiger partial charge >= 0.3 is 5.97 Å². The van der Waals surface area contributed by atoms with Crippen molar-refractivity contribution in [2.45, 2.75) is 26.2 Å². The molecule has 0 bridgehead atoms. The maximum absolute atomic E-state index is 10.8. The molecule has 0 aromatic rings. The zero-order valence-corrected chi connectivity index (χ0v) is 5.72. The predicted octanol–water partition coefficient (Wildman–Crippen LogP) is 1.35. The van der Waals surface area contributed by atoms with Crippen LogP contribution in [0.4, 0.5) is 0 Å². The average molecular weight is 128 g/mol. The first-order valence-electron chi connectivity index (χ1n) is 3.51. The van der Waals surface area contributed by atoms with Crippen LogP contribution in [0.3, 0.4) is 0 Å². The molecular weight excluding hydrogens is 116 g/mol. The van der Waals surface area contributed by atoms with Crippen molar-refractivity contribution in [1.29, 1.82) is 0 Å². The number of carbonyl (C=O) groups is 1. The average Bonchev–Trinajstić information content (AvgIpc) is 1.89. The van der Waals surface area contributed by atoms with E-state index in [2.05, 4.69) is 0 Å². The Balaban J connectivity index is 2.39. The second kappa shape index (κ2) is 2.85. The van der Waals surface area contributed by atoms with Crippen molar-refractivity contribution in [2.24, 2.45) is 5.92 Å². The number of esters is 1. The van der Waals surface area contributed by atoms with Gasteiger partial charge in [-0.3, -0.25) is 4.79 Å². The largest absolute Gasteiger partial charge is 0.465 e. The highest BCUT2D eigenvalue weighted by Gasteiger charge is 2.21. The molecule has 52 valence electrons. The summed E-state index contributed by atoms with van der Waals surface area (Å²) in [6.07, 6.45) is 3.00. The zero-order valence-electron chi connectivity index (χ0n) is 5.72. The normalized spacial score (nSPS) is 27.7. The fourth-order valence-corrected chi connectivity index (χ4v) is 1.11. The highest BCUT2D eigenvalue weighted by atomic mass is 16.5. The second-order valence-electron chi connectivity index (χ2n) is 2.41. The van der Waals surface area contributed by atoms with E-state index in [1.54, 1.807) is 0 Å². The maximum atomic E-state index is 10.8. The number of rotatable bonds is 1. The summed E-state index contributed by atoms with van der Waals surface area (Å²) in [4.78, 5) is 10.8. The van der Waals surface area contributed by atoms with Crippen molar-refractivity contribution in [3.63, 3.8) is 0 Å². The van der Waals surface area contributed by atoms with E-state index >= 15 is 0 Å². The Morgan fingerprint density at radius 3 is 3.00 bits per heavy atom. The number of hydrogen-bond acceptors (Lipinski definition) is 2. The number of ether oxygens (including phenoxy) is 1. The molecule has 1 fully saturated rings. The third-order valence-corrected chi connectivity index (χ3v) is 1.77. The van der Waals surface area contributed by atoms with E-state index in [1.165, 1.54) is 0 Å². The fourth-order valence-electron chi connectivity index (χ4n) is 1.11. The Morgan fingerprint density at radius 2 is 2.56 bits per heavy atom. The standard InChI is InChI=1S/C7H12O2/c1-2-6-4-3-5-9-7(6)8/h6H,2-5H2,1H3. The van der Waals surface area contributed by atoms with Crippen molar-refractivity contribution in [3.8, 4) is 0 Å². The van der Waals surface area contributed by atoms with E-state index in [0.29, 0.717) is 6.61 Å². The summed E-state index contributed by atoms with van der Waals surface area (Å²) in [5, 5.41) is 0. The van der Waals surface area contributed by atoms with Crippen LogP contribution in [0.25, 0.3) is 0 Å². The van der Waals surface area contributed by atoms with Gasteiger partial charge in [-0.05, 0) is 19.3 Å². The molecule has 1 unspecified atom stereocenters. The summed E-state index contributed by atoms with van der Waals surface area (Å²) < 4.78 is 4.84. The lowest BCUT2D eigenvalue weighted by molar-refractivity contribution is -0.152. The first-order chi connectivity index (χ1) is 4.34. The molecule has 9 heavy (non-hydrogen) atoms. The Hall–Kier alpha value is -0.530. The lowest BCUT2D eigenvalue weighted by Crippen LogP contribution is -2.23. The van der Waals surface area contributed by atoms with Crippen LogP contribution >= 0.6 is 0 Å². The minimum absolute atomic E-state index is 0.00347. The van der Waals surface area contributed by atoms with Gasteiger partial charge in [0, 0.05) is 0 Å². The van der Waals surface area contributed by atoms with Crippen LogP contribution in [0.2, 0.25) is 0 Å². The molecule has 0 aromatic heterocycles. The molecule has 0 amide bonds. The number of carbonyl (C=O) groups excluding carboxylic acids is 1. The summed E-state index contributed by atoms with van der Waals surface area (Å²) in [5.74, 6) is 0.197. The van der Waals surface area contributed by atoms with Crippen molar-refractivity contribution in [2.75, 3.05) is 6.61 Å².